The lowest BCUT2D eigenvalue weighted by Crippen LogP contribution is -2.61. The topological polar surface area (TPSA) is 40.1 Å². The highest BCUT2D eigenvalue weighted by atomic mass is 19.4. The first-order valence-corrected chi connectivity index (χ1v) is 4.20. The van der Waals surface area contributed by atoms with Crippen molar-refractivity contribution < 1.29 is 62.9 Å². The minimum Gasteiger partial charge on any atom is -0.502 e. The molecule has 0 fully saturated rings. The van der Waals surface area contributed by atoms with Crippen LogP contribution in [-0.2, 0) is 5.11 Å². The van der Waals surface area contributed by atoms with Crippen LogP contribution >= 0.6 is 0 Å². The summed E-state index contributed by atoms with van der Waals surface area (Å²) >= 11 is 0. The zero-order chi connectivity index (χ0) is 17.7. The van der Waals surface area contributed by atoms with Gasteiger partial charge in [-0.3, -0.25) is 5.11 Å². The number of aliphatic hydroxyl groups is 1. The molecule has 0 saturated carbocycles. The van der Waals surface area contributed by atoms with Crippen molar-refractivity contribution in [1.82, 2.24) is 0 Å². The second-order valence-electron chi connectivity index (χ2n) is 3.42. The molecule has 0 aliphatic rings. The standard InChI is InChI=1S/C7HF12O2/c8-4(9,10)2(21)1(20)3(5(11,12)13,6(14,15)16)7(17,18)19/h21H. The quantitative estimate of drug-likeness (QED) is 0.555. The van der Waals surface area contributed by atoms with Crippen LogP contribution in [0.3, 0.4) is 0 Å². The third-order valence-corrected chi connectivity index (χ3v) is 2.10. The van der Waals surface area contributed by atoms with E-state index in [1.54, 1.807) is 0 Å². The van der Waals surface area contributed by atoms with Gasteiger partial charge in [0.2, 0.25) is 11.5 Å². The average Bonchev–Trinajstić information content (AvgIpc) is 2.07. The van der Waals surface area contributed by atoms with Crippen molar-refractivity contribution in [3.63, 3.8) is 0 Å². The molecule has 0 bridgehead atoms. The van der Waals surface area contributed by atoms with Crippen molar-refractivity contribution in [2.45, 2.75) is 24.7 Å². The molecule has 0 amide bonds. The number of hydrogen-bond donors (Lipinski definition) is 1. The fraction of sp³-hybridized carbons (Fsp3) is 0.714. The second-order valence-corrected chi connectivity index (χ2v) is 3.42. The summed E-state index contributed by atoms with van der Waals surface area (Å²) in [4.78, 5) is 0. The molecule has 21 heavy (non-hydrogen) atoms. The Kier molecular flexibility index (Phi) is 4.42. The maximum Gasteiger partial charge on any atom is 0.452 e. The summed E-state index contributed by atoms with van der Waals surface area (Å²) in [6.07, 6.45) is -29.1. The number of halogens is 12. The molecule has 1 radical (unpaired) electrons. The Bertz CT molecular complexity index is 383. The van der Waals surface area contributed by atoms with E-state index in [1.165, 1.54) is 0 Å². The molecule has 125 valence electrons. The molecule has 0 atom stereocenters. The van der Waals surface area contributed by atoms with E-state index in [9.17, 15) is 57.8 Å². The Morgan fingerprint density at radius 3 is 1.00 bits per heavy atom. The maximum absolute atomic E-state index is 12.2. The van der Waals surface area contributed by atoms with Gasteiger partial charge in [-0.15, -0.1) is 0 Å². The molecule has 2 nitrogen and oxygen atoms in total. The largest absolute Gasteiger partial charge is 0.502 e. The molecule has 1 N–H and O–H groups in total. The summed E-state index contributed by atoms with van der Waals surface area (Å²) in [5.74, 6) is -8.78. The van der Waals surface area contributed by atoms with Gasteiger partial charge in [-0.1, -0.05) is 0 Å². The van der Waals surface area contributed by atoms with Gasteiger partial charge in [-0.25, -0.2) is 0 Å². The van der Waals surface area contributed by atoms with Gasteiger partial charge in [0.25, 0.3) is 0 Å². The van der Waals surface area contributed by atoms with Crippen LogP contribution in [0.5, 0.6) is 0 Å². The van der Waals surface area contributed by atoms with Crippen molar-refractivity contribution >= 4 is 0 Å². The molecule has 0 rings (SSSR count). The monoisotopic (exact) mass is 345 g/mol. The first-order chi connectivity index (χ1) is 8.82. The summed E-state index contributed by atoms with van der Waals surface area (Å²) in [6, 6.07) is 0. The second kappa shape index (κ2) is 4.76. The van der Waals surface area contributed by atoms with E-state index in [1.807, 2.05) is 0 Å². The highest BCUT2D eigenvalue weighted by Gasteiger charge is 2.88. The number of hydrogen-bond acceptors (Lipinski definition) is 1. The fourth-order valence-corrected chi connectivity index (χ4v) is 1.17. The number of aliphatic hydroxyl groups excluding tert-OH is 1. The first kappa shape index (κ1) is 19.5. The lowest BCUT2D eigenvalue weighted by Gasteiger charge is -2.36. The van der Waals surface area contributed by atoms with Crippen molar-refractivity contribution in [2.24, 2.45) is 5.41 Å². The summed E-state index contributed by atoms with van der Waals surface area (Å²) in [6.45, 7) is 0. The molecule has 0 heterocycles. The van der Waals surface area contributed by atoms with Gasteiger partial charge < -0.3 is 5.11 Å². The molecule has 0 spiro atoms. The first-order valence-electron chi connectivity index (χ1n) is 4.20. The molecule has 0 aliphatic heterocycles. The summed E-state index contributed by atoms with van der Waals surface area (Å²) < 4.78 is 145. The van der Waals surface area contributed by atoms with Crippen LogP contribution in [-0.4, -0.2) is 29.8 Å². The Balaban J connectivity index is 6.90. The minimum absolute atomic E-state index is 4.17. The molecular weight excluding hydrogens is 344 g/mol. The molecule has 0 unspecified atom stereocenters. The van der Waals surface area contributed by atoms with Crippen LogP contribution in [0.1, 0.15) is 0 Å². The molecule has 14 heteroatoms. The lowest BCUT2D eigenvalue weighted by molar-refractivity contribution is -0.421. The van der Waals surface area contributed by atoms with E-state index in [2.05, 4.69) is 0 Å². The summed E-state index contributed by atoms with van der Waals surface area (Å²) in [5, 5.41) is 18.6. The lowest BCUT2D eigenvalue weighted by atomic mass is 9.82. The van der Waals surface area contributed by atoms with E-state index >= 15 is 0 Å². The SMILES string of the molecule is [O]C(=C(O)C(F)(F)F)C(C(F)(F)F)(C(F)(F)F)C(F)(F)F. The van der Waals surface area contributed by atoms with E-state index < -0.39 is 41.6 Å². The zero-order valence-corrected chi connectivity index (χ0v) is 8.89. The average molecular weight is 345 g/mol. The Hall–Kier alpha value is -1.50. The molecule has 0 aromatic heterocycles. The normalized spacial score (nSPS) is 16.8. The predicted molar refractivity (Wildman–Crippen MR) is 37.0 cm³/mol. The number of alkyl halides is 12. The third kappa shape index (κ3) is 2.92. The third-order valence-electron chi connectivity index (χ3n) is 2.10. The molecule has 0 aliphatic carbocycles. The highest BCUT2D eigenvalue weighted by molar-refractivity contribution is 5.22. The minimum atomic E-state index is -7.53. The number of rotatable bonds is 1. The van der Waals surface area contributed by atoms with Gasteiger partial charge in [0.15, 0.2) is 0 Å². The van der Waals surface area contributed by atoms with E-state index in [4.69, 9.17) is 5.11 Å². The van der Waals surface area contributed by atoms with E-state index in [0.717, 1.165) is 0 Å². The van der Waals surface area contributed by atoms with Crippen molar-refractivity contribution in [3.05, 3.63) is 11.5 Å². The summed E-state index contributed by atoms with van der Waals surface area (Å²) in [7, 11) is 0. The van der Waals surface area contributed by atoms with Gasteiger partial charge in [0.05, 0.1) is 0 Å². The van der Waals surface area contributed by atoms with Gasteiger partial charge in [0.1, 0.15) is 0 Å². The molecule has 0 aromatic rings. The van der Waals surface area contributed by atoms with Crippen molar-refractivity contribution in [2.75, 3.05) is 0 Å². The van der Waals surface area contributed by atoms with Crippen LogP contribution in [0.2, 0.25) is 0 Å². The Morgan fingerprint density at radius 2 is 0.857 bits per heavy atom. The fourth-order valence-electron chi connectivity index (χ4n) is 1.17. The maximum atomic E-state index is 12.2. The van der Waals surface area contributed by atoms with Gasteiger partial charge >= 0.3 is 30.1 Å². The van der Waals surface area contributed by atoms with Crippen LogP contribution in [0.4, 0.5) is 52.7 Å². The van der Waals surface area contributed by atoms with Crippen LogP contribution < -0.4 is 0 Å². The van der Waals surface area contributed by atoms with Crippen LogP contribution in [0.15, 0.2) is 11.5 Å². The van der Waals surface area contributed by atoms with E-state index in [0.29, 0.717) is 0 Å². The van der Waals surface area contributed by atoms with Crippen LogP contribution in [0.25, 0.3) is 0 Å². The summed E-state index contributed by atoms with van der Waals surface area (Å²) in [5.41, 5.74) is -7.40. The zero-order valence-electron chi connectivity index (χ0n) is 8.89. The van der Waals surface area contributed by atoms with Gasteiger partial charge in [-0.2, -0.15) is 52.7 Å². The molecule has 0 saturated heterocycles. The van der Waals surface area contributed by atoms with Crippen molar-refractivity contribution in [3.8, 4) is 0 Å². The smallest absolute Gasteiger partial charge is 0.452 e. The van der Waals surface area contributed by atoms with Crippen molar-refractivity contribution in [1.29, 1.82) is 0 Å². The Labute approximate surface area is 106 Å². The molecule has 0 aromatic carbocycles. The Morgan fingerprint density at radius 1 is 0.619 bits per heavy atom. The van der Waals surface area contributed by atoms with Crippen LogP contribution in [0, 0.1) is 5.41 Å². The highest BCUT2D eigenvalue weighted by Crippen LogP contribution is 2.63. The predicted octanol–water partition coefficient (Wildman–Crippen LogP) is 4.42. The molecular formula is C7HF12O2. The van der Waals surface area contributed by atoms with Gasteiger partial charge in [0, 0.05) is 0 Å². The number of allylic oxidation sites excluding steroid dienone is 2. The van der Waals surface area contributed by atoms with E-state index in [-0.39, 0.29) is 0 Å². The van der Waals surface area contributed by atoms with Gasteiger partial charge in [-0.05, 0) is 0 Å².